The van der Waals surface area contributed by atoms with Crippen LogP contribution in [0.3, 0.4) is 0 Å². The van der Waals surface area contributed by atoms with Crippen molar-refractivity contribution in [1.29, 1.82) is 0 Å². The number of hydrogen-bond acceptors (Lipinski definition) is 2. The van der Waals surface area contributed by atoms with Gasteiger partial charge in [-0.3, -0.25) is 9.69 Å². The Morgan fingerprint density at radius 1 is 1.27 bits per heavy atom. The van der Waals surface area contributed by atoms with Gasteiger partial charge in [-0.1, -0.05) is 19.9 Å². The summed E-state index contributed by atoms with van der Waals surface area (Å²) in [5.41, 5.74) is 0. The van der Waals surface area contributed by atoms with E-state index in [1.54, 1.807) is 0 Å². The number of carbonyl (C=O) groups excluding carboxylic acids is 1. The molecule has 0 amide bonds. The van der Waals surface area contributed by atoms with Crippen LogP contribution < -0.4 is 0 Å². The van der Waals surface area contributed by atoms with E-state index >= 15 is 0 Å². The van der Waals surface area contributed by atoms with Crippen LogP contribution in [-0.2, 0) is 4.79 Å². The molecule has 2 nitrogen and oxygen atoms in total. The first-order chi connectivity index (χ1) is 10.2. The van der Waals surface area contributed by atoms with E-state index in [4.69, 9.17) is 0 Å². The average molecular weight is 315 g/mol. The highest BCUT2D eigenvalue weighted by atomic mass is 19.3. The molecular formula is C18H31F2NO. The fourth-order valence-corrected chi connectivity index (χ4v) is 3.30. The highest BCUT2D eigenvalue weighted by Crippen LogP contribution is 2.38. The van der Waals surface area contributed by atoms with Crippen LogP contribution in [0.25, 0.3) is 0 Å². The van der Waals surface area contributed by atoms with Gasteiger partial charge in [0, 0.05) is 31.3 Å². The van der Waals surface area contributed by atoms with Gasteiger partial charge in [0.05, 0.1) is 6.04 Å². The quantitative estimate of drug-likeness (QED) is 0.606. The summed E-state index contributed by atoms with van der Waals surface area (Å²) >= 11 is 0. The molecule has 22 heavy (non-hydrogen) atoms. The fourth-order valence-electron chi connectivity index (χ4n) is 3.30. The summed E-state index contributed by atoms with van der Waals surface area (Å²) in [6.45, 7) is 12.4. The molecule has 128 valence electrons. The van der Waals surface area contributed by atoms with Crippen molar-refractivity contribution >= 4 is 5.78 Å². The van der Waals surface area contributed by atoms with Crippen LogP contribution in [0.4, 0.5) is 8.78 Å². The molecule has 0 saturated heterocycles. The molecule has 0 unspecified atom stereocenters. The Hall–Kier alpha value is -0.770. The largest absolute Gasteiger partial charge is 0.298 e. The molecule has 1 atom stereocenters. The summed E-state index contributed by atoms with van der Waals surface area (Å²) in [5.74, 6) is -2.11. The van der Waals surface area contributed by atoms with Crippen LogP contribution in [0.15, 0.2) is 12.7 Å². The number of ketones is 1. The number of alkyl halides is 2. The maximum Gasteiger partial charge on any atom is 0.248 e. The minimum Gasteiger partial charge on any atom is -0.298 e. The number of halogens is 2. The van der Waals surface area contributed by atoms with Crippen molar-refractivity contribution in [2.45, 2.75) is 77.8 Å². The van der Waals surface area contributed by atoms with Crippen LogP contribution in [0, 0.1) is 11.8 Å². The lowest BCUT2D eigenvalue weighted by Crippen LogP contribution is -2.48. The van der Waals surface area contributed by atoms with Crippen LogP contribution in [-0.4, -0.2) is 35.2 Å². The summed E-state index contributed by atoms with van der Waals surface area (Å²) in [5, 5.41) is 0. The summed E-state index contributed by atoms with van der Waals surface area (Å²) in [4.78, 5) is 14.8. The van der Waals surface area contributed by atoms with Gasteiger partial charge < -0.3 is 0 Å². The molecule has 1 fully saturated rings. The maximum absolute atomic E-state index is 13.3. The zero-order valence-corrected chi connectivity index (χ0v) is 14.4. The number of nitrogens with zero attached hydrogens (tertiary/aromatic N) is 1. The van der Waals surface area contributed by atoms with E-state index in [1.807, 2.05) is 19.9 Å². The highest BCUT2D eigenvalue weighted by molar-refractivity contribution is 5.85. The van der Waals surface area contributed by atoms with Gasteiger partial charge in [-0.05, 0) is 39.0 Å². The van der Waals surface area contributed by atoms with Crippen molar-refractivity contribution in [2.24, 2.45) is 11.8 Å². The highest BCUT2D eigenvalue weighted by Gasteiger charge is 2.38. The maximum atomic E-state index is 13.3. The van der Waals surface area contributed by atoms with E-state index in [1.165, 1.54) is 0 Å². The number of Topliss-reactive ketones (excluding diaryl/α,β-unsaturated/α-hetero) is 1. The molecule has 1 aliphatic rings. The predicted molar refractivity (Wildman–Crippen MR) is 87.2 cm³/mol. The van der Waals surface area contributed by atoms with E-state index in [-0.39, 0.29) is 42.5 Å². The number of hydrogen-bond donors (Lipinski definition) is 0. The van der Waals surface area contributed by atoms with E-state index < -0.39 is 5.92 Å². The van der Waals surface area contributed by atoms with E-state index in [0.29, 0.717) is 25.8 Å². The van der Waals surface area contributed by atoms with E-state index in [0.717, 1.165) is 0 Å². The first-order valence-corrected chi connectivity index (χ1v) is 8.46. The van der Waals surface area contributed by atoms with E-state index in [2.05, 4.69) is 25.3 Å². The molecule has 0 radical (unpaired) electrons. The van der Waals surface area contributed by atoms with Crippen molar-refractivity contribution in [3.63, 3.8) is 0 Å². The second kappa shape index (κ2) is 8.19. The van der Waals surface area contributed by atoms with Crippen LogP contribution in [0.2, 0.25) is 0 Å². The van der Waals surface area contributed by atoms with Gasteiger partial charge >= 0.3 is 0 Å². The smallest absolute Gasteiger partial charge is 0.248 e. The predicted octanol–water partition coefficient (Wildman–Crippen LogP) is 4.69. The Labute approximate surface area is 134 Å². The monoisotopic (exact) mass is 315 g/mol. The van der Waals surface area contributed by atoms with Gasteiger partial charge in [-0.2, -0.15) is 0 Å². The molecule has 0 N–H and O–H groups in total. The third-order valence-electron chi connectivity index (χ3n) is 4.69. The summed E-state index contributed by atoms with van der Waals surface area (Å²) in [6.07, 6.45) is 3.48. The second-order valence-electron chi connectivity index (χ2n) is 7.19. The lowest BCUT2D eigenvalue weighted by molar-refractivity contribution is -0.129. The van der Waals surface area contributed by atoms with Crippen molar-refractivity contribution in [3.8, 4) is 0 Å². The molecule has 0 aliphatic heterocycles. The van der Waals surface area contributed by atoms with Crippen LogP contribution >= 0.6 is 0 Å². The molecule has 4 heteroatoms. The van der Waals surface area contributed by atoms with Crippen LogP contribution in [0.5, 0.6) is 0 Å². The molecule has 0 aromatic heterocycles. The average Bonchev–Trinajstić information content (AvgIpc) is 2.43. The molecule has 1 aliphatic carbocycles. The van der Waals surface area contributed by atoms with Gasteiger partial charge in [0.2, 0.25) is 5.92 Å². The Morgan fingerprint density at radius 3 is 2.23 bits per heavy atom. The molecule has 0 aromatic carbocycles. The van der Waals surface area contributed by atoms with Gasteiger partial charge in [0.25, 0.3) is 0 Å². The molecule has 0 bridgehead atoms. The molecule has 1 rings (SSSR count). The van der Waals surface area contributed by atoms with Crippen LogP contribution in [0.1, 0.15) is 59.8 Å². The second-order valence-corrected chi connectivity index (χ2v) is 7.19. The molecule has 0 aromatic rings. The SMILES string of the molecule is C=CCN(C(C)C)[C@@H](CC1CCC(F)(F)CC1)C(=O)C(C)C. The van der Waals surface area contributed by atoms with Crippen molar-refractivity contribution in [2.75, 3.05) is 6.54 Å². The minimum atomic E-state index is -2.51. The summed E-state index contributed by atoms with van der Waals surface area (Å²) in [7, 11) is 0. The van der Waals surface area contributed by atoms with Gasteiger partial charge in [0.1, 0.15) is 0 Å². The topological polar surface area (TPSA) is 20.3 Å². The molecule has 1 saturated carbocycles. The van der Waals surface area contributed by atoms with E-state index in [9.17, 15) is 13.6 Å². The fraction of sp³-hybridized carbons (Fsp3) is 0.833. The summed E-state index contributed by atoms with van der Waals surface area (Å²) in [6, 6.07) is 0.0467. The Morgan fingerprint density at radius 2 is 1.82 bits per heavy atom. The first-order valence-electron chi connectivity index (χ1n) is 8.46. The zero-order chi connectivity index (χ0) is 16.9. The Bertz CT molecular complexity index is 369. The first kappa shape index (κ1) is 19.3. The number of rotatable bonds is 8. The van der Waals surface area contributed by atoms with Gasteiger partial charge in [-0.15, -0.1) is 6.58 Å². The normalized spacial score (nSPS) is 20.6. The summed E-state index contributed by atoms with van der Waals surface area (Å²) < 4.78 is 26.6. The third kappa shape index (κ3) is 5.45. The van der Waals surface area contributed by atoms with Crippen molar-refractivity contribution in [1.82, 2.24) is 4.90 Å². The number of carbonyl (C=O) groups is 1. The van der Waals surface area contributed by atoms with Crippen molar-refractivity contribution < 1.29 is 13.6 Å². The lowest BCUT2D eigenvalue weighted by atomic mass is 9.80. The standard InChI is InChI=1S/C18H31F2NO/c1-6-11-21(14(4)5)16(17(22)13(2)3)12-15-7-9-18(19,20)10-8-15/h6,13-16H,1,7-12H2,2-5H3/t16-/m0/s1. The van der Waals surface area contributed by atoms with Crippen molar-refractivity contribution in [3.05, 3.63) is 12.7 Å². The molecule has 0 spiro atoms. The lowest BCUT2D eigenvalue weighted by Gasteiger charge is -2.38. The third-order valence-corrected chi connectivity index (χ3v) is 4.69. The van der Waals surface area contributed by atoms with Gasteiger partial charge in [-0.25, -0.2) is 8.78 Å². The Kier molecular flexibility index (Phi) is 7.17. The Balaban J connectivity index is 2.82. The zero-order valence-electron chi connectivity index (χ0n) is 14.4. The molecular weight excluding hydrogens is 284 g/mol. The molecule has 0 heterocycles. The van der Waals surface area contributed by atoms with Gasteiger partial charge in [0.15, 0.2) is 5.78 Å². The minimum absolute atomic E-state index is 0.0383.